The Balaban J connectivity index is 1.58. The van der Waals surface area contributed by atoms with Crippen LogP contribution in [0, 0.1) is 23.7 Å². The molecule has 18 atom stereocenters. The van der Waals surface area contributed by atoms with E-state index in [1.54, 1.807) is 41.7 Å². The number of aliphatic hydroxyl groups is 2. The summed E-state index contributed by atoms with van der Waals surface area (Å²) in [5.74, 6) is -4.91. The van der Waals surface area contributed by atoms with Gasteiger partial charge in [-0.25, -0.2) is 0 Å². The van der Waals surface area contributed by atoms with Crippen LogP contribution in [-0.2, 0) is 63.6 Å². The summed E-state index contributed by atoms with van der Waals surface area (Å²) in [6.45, 7) is 22.9. The molecule has 1 aromatic carbocycles. The van der Waals surface area contributed by atoms with Crippen molar-refractivity contribution in [2.45, 2.75) is 193 Å². The SMILES string of the molecule is CC[C@H]1OC(=O)[C@H](C)[C@@H](O[C@H]2C[C@@](C)(OC)[C@@H](OC(C)=O)[C@H](C)O2)[C@H](C)[C@@H](O[C@@H]2O[C@H](C)C[C@@H](N(C)Cc3ccc(N4CCOCC4)cc3)[C@@H]2N(C)C)[C@@](C)(OC)C[C@@H](C)C(=O)[C@H](C)[C@@H](O)[C@]1(C)O. The molecular formula is C52H87N3O14. The molecule has 394 valence electrons. The first kappa shape index (κ1) is 57.1. The van der Waals surface area contributed by atoms with Gasteiger partial charge in [-0.15, -0.1) is 0 Å². The molecule has 0 saturated carbocycles. The molecule has 1 aromatic rings. The Morgan fingerprint density at radius 2 is 1.48 bits per heavy atom. The number of carbonyl (C=O) groups excluding carboxylic acids is 3. The third-order valence-corrected chi connectivity index (χ3v) is 15.8. The molecule has 17 nitrogen and oxygen atoms in total. The second-order valence-corrected chi connectivity index (χ2v) is 21.4. The van der Waals surface area contributed by atoms with E-state index < -0.39 is 102 Å². The van der Waals surface area contributed by atoms with Gasteiger partial charge in [0.2, 0.25) is 0 Å². The smallest absolute Gasteiger partial charge is 0.311 e. The quantitative estimate of drug-likeness (QED) is 0.252. The van der Waals surface area contributed by atoms with Gasteiger partial charge in [0.15, 0.2) is 18.7 Å². The number of rotatable bonds is 13. The van der Waals surface area contributed by atoms with Crippen LogP contribution in [0.25, 0.3) is 0 Å². The van der Waals surface area contributed by atoms with E-state index in [0.29, 0.717) is 6.54 Å². The number of aliphatic hydroxyl groups excluding tert-OH is 1. The number of hydrogen-bond acceptors (Lipinski definition) is 17. The zero-order valence-corrected chi connectivity index (χ0v) is 44.5. The van der Waals surface area contributed by atoms with Gasteiger partial charge in [-0.05, 0) is 99.6 Å². The van der Waals surface area contributed by atoms with Crippen LogP contribution in [-0.4, -0.2) is 184 Å². The number of carbonyl (C=O) groups is 3. The lowest BCUT2D eigenvalue weighted by Gasteiger charge is -2.52. The molecule has 4 fully saturated rings. The van der Waals surface area contributed by atoms with Gasteiger partial charge in [0, 0.05) is 76.7 Å². The summed E-state index contributed by atoms with van der Waals surface area (Å²) in [6.07, 6.45) is -6.99. The van der Waals surface area contributed by atoms with E-state index in [9.17, 15) is 24.6 Å². The van der Waals surface area contributed by atoms with Crippen LogP contribution in [0.2, 0.25) is 0 Å². The van der Waals surface area contributed by atoms with Crippen LogP contribution in [0.4, 0.5) is 5.69 Å². The Morgan fingerprint density at radius 3 is 2.04 bits per heavy atom. The summed E-state index contributed by atoms with van der Waals surface area (Å²) in [5, 5.41) is 23.6. The van der Waals surface area contributed by atoms with Crippen LogP contribution >= 0.6 is 0 Å². The Bertz CT molecular complexity index is 1830. The van der Waals surface area contributed by atoms with E-state index in [2.05, 4.69) is 46.0 Å². The number of hydrogen-bond donors (Lipinski definition) is 2. The lowest BCUT2D eigenvalue weighted by atomic mass is 9.73. The van der Waals surface area contributed by atoms with Gasteiger partial charge < -0.3 is 62.6 Å². The number of anilines is 1. The number of likely N-dealkylation sites (N-methyl/N-ethyl adjacent to an activating group) is 2. The van der Waals surface area contributed by atoms with E-state index >= 15 is 0 Å². The molecule has 4 aliphatic rings. The Morgan fingerprint density at radius 1 is 0.870 bits per heavy atom. The van der Waals surface area contributed by atoms with Crippen LogP contribution in [0.3, 0.4) is 0 Å². The van der Waals surface area contributed by atoms with E-state index in [1.807, 2.05) is 41.8 Å². The molecule has 0 amide bonds. The second kappa shape index (κ2) is 23.8. The average Bonchev–Trinajstić information content (AvgIpc) is 3.31. The van der Waals surface area contributed by atoms with E-state index in [1.165, 1.54) is 32.2 Å². The number of ketones is 1. The van der Waals surface area contributed by atoms with E-state index in [0.717, 1.165) is 32.7 Å². The summed E-state index contributed by atoms with van der Waals surface area (Å²) < 4.78 is 57.7. The highest BCUT2D eigenvalue weighted by Crippen LogP contribution is 2.43. The average molecular weight is 978 g/mol. The number of methoxy groups -OCH3 is 2. The fraction of sp³-hybridized carbons (Fsp3) is 0.827. The summed E-state index contributed by atoms with van der Waals surface area (Å²) in [7, 11) is 9.27. The first-order valence-corrected chi connectivity index (χ1v) is 25.1. The van der Waals surface area contributed by atoms with Gasteiger partial charge in [-0.1, -0.05) is 39.8 Å². The monoisotopic (exact) mass is 978 g/mol. The molecule has 5 rings (SSSR count). The third kappa shape index (κ3) is 13.1. The van der Waals surface area contributed by atoms with Gasteiger partial charge in [-0.2, -0.15) is 0 Å². The summed E-state index contributed by atoms with van der Waals surface area (Å²) in [4.78, 5) is 48.1. The van der Waals surface area contributed by atoms with Crippen molar-refractivity contribution in [1.82, 2.24) is 9.80 Å². The van der Waals surface area contributed by atoms with Crippen molar-refractivity contribution in [1.29, 1.82) is 0 Å². The van der Waals surface area contributed by atoms with Crippen LogP contribution in [0.5, 0.6) is 0 Å². The number of cyclic esters (lactones) is 1. The molecule has 2 N–H and O–H groups in total. The Kier molecular flexibility index (Phi) is 19.7. The lowest BCUT2D eigenvalue weighted by molar-refractivity contribution is -0.315. The van der Waals surface area contributed by atoms with E-state index in [4.69, 9.17) is 42.6 Å². The number of benzene rings is 1. The molecule has 0 spiro atoms. The van der Waals surface area contributed by atoms with Crippen LogP contribution in [0.1, 0.15) is 107 Å². The highest BCUT2D eigenvalue weighted by molar-refractivity contribution is 5.83. The topological polar surface area (TPSA) is 184 Å². The Hall–Kier alpha value is -2.81. The molecular weight excluding hydrogens is 891 g/mol. The molecule has 0 aliphatic carbocycles. The maximum Gasteiger partial charge on any atom is 0.311 e. The number of nitrogens with zero attached hydrogens (tertiary/aromatic N) is 3. The molecule has 4 heterocycles. The largest absolute Gasteiger partial charge is 0.459 e. The maximum atomic E-state index is 14.6. The summed E-state index contributed by atoms with van der Waals surface area (Å²) in [5.41, 5.74) is -1.92. The van der Waals surface area contributed by atoms with Gasteiger partial charge in [0.1, 0.15) is 23.1 Å². The lowest BCUT2D eigenvalue weighted by Crippen LogP contribution is -2.64. The summed E-state index contributed by atoms with van der Waals surface area (Å²) in [6, 6.07) is 8.39. The molecule has 17 heteroatoms. The van der Waals surface area contributed by atoms with Crippen molar-refractivity contribution in [3.05, 3.63) is 29.8 Å². The zero-order valence-electron chi connectivity index (χ0n) is 44.5. The normalized spacial score (nSPS) is 41.2. The fourth-order valence-electron chi connectivity index (χ4n) is 11.5. The molecule has 69 heavy (non-hydrogen) atoms. The molecule has 0 aromatic heterocycles. The highest BCUT2D eigenvalue weighted by Gasteiger charge is 2.55. The number of Topliss-reactive ketones (excluding diaryl/α,β-unsaturated/α-hetero) is 1. The van der Waals surface area contributed by atoms with Gasteiger partial charge in [0.05, 0.1) is 61.3 Å². The van der Waals surface area contributed by atoms with Crippen molar-refractivity contribution < 1.29 is 67.2 Å². The molecule has 4 saturated heterocycles. The molecule has 0 bridgehead atoms. The van der Waals surface area contributed by atoms with Crippen LogP contribution < -0.4 is 4.90 Å². The molecule has 4 aliphatic heterocycles. The fourth-order valence-corrected chi connectivity index (χ4v) is 11.5. The predicted octanol–water partition coefficient (Wildman–Crippen LogP) is 4.99. The standard InChI is InChI=1S/C52H87N3O14/c1-17-40-52(11,60)45(58)32(4)43(57)30(2)27-50(9,61-15)46(33(5)44(34(6)48(59)67-40)68-41-28-51(10,62-16)47(35(7)65-41)66-36(8)56)69-49-42(53(12)13)39(26-31(3)64-49)54(14)29-37-18-20-38(21-19-37)55-22-24-63-25-23-55/h18-21,30-35,39-42,44-47,49,58,60H,17,22-29H2,1-16H3/t30-,31-,32+,33+,34-,35+,39-,40-,41+,42+,44+,45-,46-,47+,49+,50+,51-,52-/m1/s1. The molecule has 0 radical (unpaired) electrons. The number of ether oxygens (including phenoxy) is 9. The minimum absolute atomic E-state index is 0.0353. The van der Waals surface area contributed by atoms with Crippen molar-refractivity contribution in [3.63, 3.8) is 0 Å². The van der Waals surface area contributed by atoms with Gasteiger partial charge >= 0.3 is 11.9 Å². The first-order chi connectivity index (χ1) is 32.3. The van der Waals surface area contributed by atoms with Gasteiger partial charge in [-0.3, -0.25) is 19.3 Å². The van der Waals surface area contributed by atoms with Crippen molar-refractivity contribution in [3.8, 4) is 0 Å². The highest BCUT2D eigenvalue weighted by atomic mass is 16.7. The van der Waals surface area contributed by atoms with E-state index in [-0.39, 0.29) is 43.2 Å². The van der Waals surface area contributed by atoms with Crippen LogP contribution in [0.15, 0.2) is 24.3 Å². The second-order valence-electron chi connectivity index (χ2n) is 21.4. The zero-order chi connectivity index (χ0) is 51.3. The minimum Gasteiger partial charge on any atom is -0.459 e. The molecule has 0 unspecified atom stereocenters. The first-order valence-electron chi connectivity index (χ1n) is 25.1. The third-order valence-electron chi connectivity index (χ3n) is 15.8. The predicted molar refractivity (Wildman–Crippen MR) is 259 cm³/mol. The van der Waals surface area contributed by atoms with Crippen molar-refractivity contribution >= 4 is 23.4 Å². The summed E-state index contributed by atoms with van der Waals surface area (Å²) >= 11 is 0. The number of esters is 2. The number of morpholine rings is 1. The van der Waals surface area contributed by atoms with Crippen molar-refractivity contribution in [2.75, 3.05) is 66.6 Å². The van der Waals surface area contributed by atoms with Gasteiger partial charge in [0.25, 0.3) is 0 Å². The Labute approximate surface area is 412 Å². The minimum atomic E-state index is -1.98. The maximum absolute atomic E-state index is 14.6. The van der Waals surface area contributed by atoms with Crippen molar-refractivity contribution in [2.24, 2.45) is 23.7 Å².